The van der Waals surface area contributed by atoms with Crippen LogP contribution in [0.25, 0.3) is 0 Å². The fraction of sp³-hybridized carbons (Fsp3) is 0.444. The largest absolute Gasteiger partial charge is 0.494 e. The number of aromatic amines is 1. The van der Waals surface area contributed by atoms with Crippen LogP contribution in [0.2, 0.25) is 0 Å². The van der Waals surface area contributed by atoms with Gasteiger partial charge in [0.25, 0.3) is 0 Å². The molecule has 1 aliphatic heterocycles. The van der Waals surface area contributed by atoms with Crippen molar-refractivity contribution in [3.8, 4) is 5.88 Å². The third-order valence-electron chi connectivity index (χ3n) is 5.21. The van der Waals surface area contributed by atoms with E-state index in [-0.39, 0.29) is 29.9 Å². The second-order valence-corrected chi connectivity index (χ2v) is 6.65. The fourth-order valence-corrected chi connectivity index (χ4v) is 4.21. The third-order valence-corrected chi connectivity index (χ3v) is 5.21. The van der Waals surface area contributed by atoms with E-state index in [1.165, 1.54) is 0 Å². The molecule has 2 aromatic rings. The summed E-state index contributed by atoms with van der Waals surface area (Å²) in [6.07, 6.45) is 7.78. The first-order valence-electron chi connectivity index (χ1n) is 8.53. The van der Waals surface area contributed by atoms with Crippen LogP contribution < -0.4 is 5.32 Å². The number of nitrogens with zero attached hydrogens (tertiary/aromatic N) is 2. The lowest BCUT2D eigenvalue weighted by Crippen LogP contribution is -2.50. The average molecular weight is 326 g/mol. The summed E-state index contributed by atoms with van der Waals surface area (Å²) < 4.78 is 0. The minimum Gasteiger partial charge on any atom is -0.494 e. The number of amides is 1. The van der Waals surface area contributed by atoms with Crippen molar-refractivity contribution < 1.29 is 9.90 Å². The van der Waals surface area contributed by atoms with Gasteiger partial charge in [0.2, 0.25) is 5.91 Å². The molecule has 0 radical (unpaired) electrons. The fourth-order valence-electron chi connectivity index (χ4n) is 4.21. The molecule has 4 rings (SSSR count). The molecule has 1 aliphatic carbocycles. The lowest BCUT2D eigenvalue weighted by molar-refractivity contribution is -0.134. The predicted octanol–water partition coefficient (Wildman–Crippen LogP) is 2.79. The Balaban J connectivity index is 1.91. The van der Waals surface area contributed by atoms with Crippen molar-refractivity contribution in [1.29, 1.82) is 0 Å². The van der Waals surface area contributed by atoms with Crippen LogP contribution in [0.1, 0.15) is 49.9 Å². The maximum atomic E-state index is 12.6. The summed E-state index contributed by atoms with van der Waals surface area (Å²) >= 11 is 0. The number of anilines is 1. The monoisotopic (exact) mass is 326 g/mol. The van der Waals surface area contributed by atoms with Gasteiger partial charge in [-0.1, -0.05) is 18.9 Å². The normalized spacial score (nSPS) is 26.0. The van der Waals surface area contributed by atoms with Crippen LogP contribution in [-0.4, -0.2) is 38.0 Å². The van der Waals surface area contributed by atoms with Crippen LogP contribution in [0.5, 0.6) is 5.88 Å². The number of rotatable bonds is 1. The van der Waals surface area contributed by atoms with Gasteiger partial charge in [0, 0.05) is 25.4 Å². The molecule has 24 heavy (non-hydrogen) atoms. The number of carbonyl (C=O) groups excluding carboxylic acids is 1. The van der Waals surface area contributed by atoms with Crippen LogP contribution in [0.3, 0.4) is 0 Å². The lowest BCUT2D eigenvalue weighted by atomic mass is 9.88. The van der Waals surface area contributed by atoms with E-state index in [4.69, 9.17) is 0 Å². The Morgan fingerprint density at radius 2 is 2.17 bits per heavy atom. The highest BCUT2D eigenvalue weighted by Gasteiger charge is 2.42. The number of hydrogen-bond acceptors (Lipinski definition) is 4. The zero-order chi connectivity index (χ0) is 16.7. The Labute approximate surface area is 140 Å². The van der Waals surface area contributed by atoms with Gasteiger partial charge in [-0.25, -0.2) is 0 Å². The van der Waals surface area contributed by atoms with Gasteiger partial charge >= 0.3 is 0 Å². The van der Waals surface area contributed by atoms with E-state index in [0.29, 0.717) is 5.56 Å². The van der Waals surface area contributed by atoms with Gasteiger partial charge in [-0.3, -0.25) is 9.78 Å². The second-order valence-electron chi connectivity index (χ2n) is 6.65. The zero-order valence-electron chi connectivity index (χ0n) is 13.7. The molecule has 0 spiro atoms. The van der Waals surface area contributed by atoms with Crippen LogP contribution in [0, 0.1) is 0 Å². The summed E-state index contributed by atoms with van der Waals surface area (Å²) in [4.78, 5) is 21.9. The summed E-state index contributed by atoms with van der Waals surface area (Å²) in [5.74, 6) is 0.107. The number of aromatic nitrogens is 2. The topological polar surface area (TPSA) is 81.2 Å². The molecule has 2 aliphatic rings. The van der Waals surface area contributed by atoms with Gasteiger partial charge in [0.15, 0.2) is 5.88 Å². The van der Waals surface area contributed by atoms with Crippen molar-refractivity contribution >= 4 is 11.6 Å². The molecule has 0 saturated heterocycles. The SMILES string of the molecule is CC(=O)N1C(c2ccccn2)c2c(c[nH]c2O)NC2CCCCC21. The van der Waals surface area contributed by atoms with Crippen molar-refractivity contribution in [2.45, 2.75) is 50.7 Å². The quantitative estimate of drug-likeness (QED) is 0.753. The number of H-pyrrole nitrogens is 1. The van der Waals surface area contributed by atoms with Crippen LogP contribution in [0.15, 0.2) is 30.6 Å². The van der Waals surface area contributed by atoms with E-state index < -0.39 is 0 Å². The second kappa shape index (κ2) is 5.85. The van der Waals surface area contributed by atoms with Crippen molar-refractivity contribution in [3.63, 3.8) is 0 Å². The van der Waals surface area contributed by atoms with Crippen LogP contribution in [-0.2, 0) is 4.79 Å². The Kier molecular flexibility index (Phi) is 3.67. The van der Waals surface area contributed by atoms with Gasteiger partial charge in [-0.05, 0) is 25.0 Å². The van der Waals surface area contributed by atoms with E-state index in [1.54, 1.807) is 19.3 Å². The number of fused-ring (bicyclic) bond motifs is 2. The van der Waals surface area contributed by atoms with Gasteiger partial charge in [0.1, 0.15) is 6.04 Å². The van der Waals surface area contributed by atoms with E-state index >= 15 is 0 Å². The van der Waals surface area contributed by atoms with Crippen molar-refractivity contribution in [2.75, 3.05) is 5.32 Å². The molecule has 1 saturated carbocycles. The molecule has 0 aromatic carbocycles. The molecule has 126 valence electrons. The third kappa shape index (κ3) is 2.33. The van der Waals surface area contributed by atoms with Crippen molar-refractivity contribution in [3.05, 3.63) is 41.9 Å². The summed E-state index contributed by atoms with van der Waals surface area (Å²) in [7, 11) is 0. The number of pyridine rings is 1. The van der Waals surface area contributed by atoms with Gasteiger partial charge in [0.05, 0.1) is 23.0 Å². The first-order valence-corrected chi connectivity index (χ1v) is 8.53. The molecule has 3 heterocycles. The lowest BCUT2D eigenvalue weighted by Gasteiger charge is -2.41. The highest BCUT2D eigenvalue weighted by molar-refractivity contribution is 5.77. The Morgan fingerprint density at radius 1 is 1.33 bits per heavy atom. The van der Waals surface area contributed by atoms with Crippen LogP contribution in [0.4, 0.5) is 5.69 Å². The van der Waals surface area contributed by atoms with Crippen molar-refractivity contribution in [1.82, 2.24) is 14.9 Å². The minimum atomic E-state index is -0.384. The number of hydrogen-bond donors (Lipinski definition) is 3. The molecule has 3 N–H and O–H groups in total. The minimum absolute atomic E-state index is 0.0119. The Bertz CT molecular complexity index is 743. The van der Waals surface area contributed by atoms with E-state index in [2.05, 4.69) is 15.3 Å². The standard InChI is InChI=1S/C18H22N4O2/c1-11(23)22-15-8-3-2-6-12(15)21-14-10-20-18(24)16(14)17(22)13-7-4-5-9-19-13/h4-5,7,9-10,12,15,17,20-21,24H,2-3,6,8H2,1H3. The van der Waals surface area contributed by atoms with Gasteiger partial charge < -0.3 is 20.3 Å². The molecule has 1 amide bonds. The maximum Gasteiger partial charge on any atom is 0.220 e. The molecular formula is C18H22N4O2. The molecule has 6 nitrogen and oxygen atoms in total. The summed E-state index contributed by atoms with van der Waals surface area (Å²) in [6.45, 7) is 1.61. The average Bonchev–Trinajstić information content (AvgIpc) is 2.87. The summed E-state index contributed by atoms with van der Waals surface area (Å²) in [6, 6.07) is 5.62. The number of nitrogens with one attached hydrogen (secondary N) is 2. The zero-order valence-corrected chi connectivity index (χ0v) is 13.7. The van der Waals surface area contributed by atoms with Gasteiger partial charge in [-0.15, -0.1) is 0 Å². The van der Waals surface area contributed by atoms with E-state index in [9.17, 15) is 9.90 Å². The molecule has 2 aromatic heterocycles. The van der Waals surface area contributed by atoms with Crippen LogP contribution >= 0.6 is 0 Å². The first-order chi connectivity index (χ1) is 11.7. The molecule has 3 atom stereocenters. The van der Waals surface area contributed by atoms with E-state index in [0.717, 1.165) is 37.1 Å². The molecule has 0 bridgehead atoms. The number of aromatic hydroxyl groups is 1. The predicted molar refractivity (Wildman–Crippen MR) is 90.7 cm³/mol. The summed E-state index contributed by atoms with van der Waals surface area (Å²) in [5, 5.41) is 14.0. The van der Waals surface area contributed by atoms with E-state index in [1.807, 2.05) is 23.1 Å². The Hall–Kier alpha value is -2.50. The van der Waals surface area contributed by atoms with Gasteiger partial charge in [-0.2, -0.15) is 0 Å². The number of carbonyl (C=O) groups is 1. The maximum absolute atomic E-state index is 12.6. The molecule has 1 fully saturated rings. The smallest absolute Gasteiger partial charge is 0.220 e. The first kappa shape index (κ1) is 15.1. The molecule has 6 heteroatoms. The highest BCUT2D eigenvalue weighted by atomic mass is 16.3. The summed E-state index contributed by atoms with van der Waals surface area (Å²) in [5.41, 5.74) is 2.35. The molecule has 3 unspecified atom stereocenters. The highest BCUT2D eigenvalue weighted by Crippen LogP contribution is 2.44. The Morgan fingerprint density at radius 3 is 2.92 bits per heavy atom. The molecular weight excluding hydrogens is 304 g/mol. The van der Waals surface area contributed by atoms with Crippen molar-refractivity contribution in [2.24, 2.45) is 0 Å².